The van der Waals surface area contributed by atoms with E-state index >= 15 is 0 Å². The molecule has 1 aromatic rings. The van der Waals surface area contributed by atoms with E-state index in [4.69, 9.17) is 0 Å². The lowest BCUT2D eigenvalue weighted by molar-refractivity contribution is -0.0400. The van der Waals surface area contributed by atoms with Gasteiger partial charge in [-0.2, -0.15) is 13.9 Å². The molecule has 0 aromatic carbocycles. The Morgan fingerprint density at radius 3 is 2.48 bits per heavy atom. The zero-order chi connectivity index (χ0) is 15.5. The first-order valence-corrected chi connectivity index (χ1v) is 6.69. The van der Waals surface area contributed by atoms with Gasteiger partial charge in [0.2, 0.25) is 12.0 Å². The molecule has 3 nitrogen and oxygen atoms in total. The second-order valence-corrected chi connectivity index (χ2v) is 5.60. The van der Waals surface area contributed by atoms with Crippen LogP contribution >= 0.6 is 0 Å². The Balaban J connectivity index is 2.03. The van der Waals surface area contributed by atoms with Crippen LogP contribution in [0.2, 0.25) is 0 Å². The van der Waals surface area contributed by atoms with Crippen LogP contribution in [0.25, 0.3) is 0 Å². The van der Waals surface area contributed by atoms with Gasteiger partial charge in [-0.1, -0.05) is 0 Å². The summed E-state index contributed by atoms with van der Waals surface area (Å²) >= 11 is 0. The number of halogens is 5. The highest BCUT2D eigenvalue weighted by molar-refractivity contribution is 6.07. The Labute approximate surface area is 117 Å². The van der Waals surface area contributed by atoms with Crippen molar-refractivity contribution in [2.45, 2.75) is 56.7 Å². The molecule has 1 fully saturated rings. The van der Waals surface area contributed by atoms with E-state index in [1.165, 1.54) is 6.92 Å². The number of fused-ring (bicyclic) bond motifs is 1. The first-order valence-electron chi connectivity index (χ1n) is 6.69. The molecule has 8 heteroatoms. The molecule has 2 aliphatic carbocycles. The summed E-state index contributed by atoms with van der Waals surface area (Å²) in [5.41, 5.74) is -0.935. The van der Waals surface area contributed by atoms with E-state index in [9.17, 15) is 26.7 Å². The summed E-state index contributed by atoms with van der Waals surface area (Å²) in [5, 5.41) is 3.92. The Morgan fingerprint density at radius 2 is 1.86 bits per heavy atom. The summed E-state index contributed by atoms with van der Waals surface area (Å²) < 4.78 is 68.6. The molecule has 1 heterocycles. The molecule has 4 atom stereocenters. The van der Waals surface area contributed by atoms with Gasteiger partial charge in [-0.05, 0) is 19.8 Å². The van der Waals surface area contributed by atoms with E-state index in [0.29, 0.717) is 0 Å². The van der Waals surface area contributed by atoms with E-state index in [-0.39, 0.29) is 25.0 Å². The Morgan fingerprint density at radius 1 is 1.19 bits per heavy atom. The number of alkyl halides is 5. The number of hydrogen-bond donors (Lipinski definition) is 0. The topological polar surface area (TPSA) is 34.9 Å². The van der Waals surface area contributed by atoms with E-state index < -0.39 is 47.5 Å². The highest BCUT2D eigenvalue weighted by Crippen LogP contribution is 2.48. The smallest absolute Gasteiger partial charge is 0.287 e. The number of Topliss-reactive ketones (excluding diaryl/α,β-unsaturated/α-hetero) is 1. The number of rotatable bonds is 1. The van der Waals surface area contributed by atoms with Crippen LogP contribution in [0.3, 0.4) is 0 Å². The zero-order valence-corrected chi connectivity index (χ0v) is 11.1. The quantitative estimate of drug-likeness (QED) is 0.745. The first kappa shape index (κ1) is 14.5. The number of aromatic nitrogens is 2. The van der Waals surface area contributed by atoms with Crippen LogP contribution < -0.4 is 0 Å². The molecule has 0 aliphatic heterocycles. The van der Waals surface area contributed by atoms with Crippen LogP contribution in [-0.2, 0) is 0 Å². The number of carbonyl (C=O) groups is 1. The van der Waals surface area contributed by atoms with Gasteiger partial charge in [0, 0.05) is 6.42 Å². The largest absolute Gasteiger partial charge is 0.346 e. The highest BCUT2D eigenvalue weighted by atomic mass is 19.3. The van der Waals surface area contributed by atoms with Crippen molar-refractivity contribution < 1.29 is 26.7 Å². The summed E-state index contributed by atoms with van der Waals surface area (Å²) in [7, 11) is 0. The molecule has 0 N–H and O–H groups in total. The fourth-order valence-corrected chi connectivity index (χ4v) is 3.10. The summed E-state index contributed by atoms with van der Waals surface area (Å²) in [6.07, 6.45) is -6.30. The van der Waals surface area contributed by atoms with E-state index in [1.807, 2.05) is 0 Å². The third kappa shape index (κ3) is 1.91. The molecule has 1 saturated carbocycles. The maximum atomic E-state index is 13.9. The van der Waals surface area contributed by atoms with Crippen LogP contribution in [0, 0.1) is 6.92 Å². The number of aryl methyl sites for hydroxylation is 1. The number of hydrogen-bond acceptors (Lipinski definition) is 2. The van der Waals surface area contributed by atoms with Gasteiger partial charge in [-0.3, -0.25) is 9.48 Å². The van der Waals surface area contributed by atoms with Gasteiger partial charge >= 0.3 is 5.92 Å². The number of nitrogens with zero attached hydrogens (tertiary/aromatic N) is 2. The van der Waals surface area contributed by atoms with Gasteiger partial charge in [0.25, 0.3) is 0 Å². The van der Waals surface area contributed by atoms with Crippen LogP contribution in [0.5, 0.6) is 0 Å². The summed E-state index contributed by atoms with van der Waals surface area (Å²) in [4.78, 5) is 11.6. The van der Waals surface area contributed by atoms with Gasteiger partial charge in [0.05, 0.1) is 23.0 Å². The van der Waals surface area contributed by atoms with Crippen molar-refractivity contribution in [3.05, 3.63) is 17.0 Å². The molecular weight excluding hydrogens is 295 g/mol. The molecule has 2 aliphatic rings. The first-order chi connectivity index (χ1) is 9.75. The van der Waals surface area contributed by atoms with E-state index in [2.05, 4.69) is 5.10 Å². The molecule has 21 heavy (non-hydrogen) atoms. The van der Waals surface area contributed by atoms with Crippen LogP contribution in [-0.4, -0.2) is 33.8 Å². The van der Waals surface area contributed by atoms with Crippen molar-refractivity contribution in [3.8, 4) is 0 Å². The normalized spacial score (nSPS) is 35.0. The molecule has 0 spiro atoms. The molecule has 0 radical (unpaired) electrons. The SMILES string of the molecule is Cc1nn([C@@H]2CC[C@@H](F)[C@@H](F)C2)c2c1C(=O)C(F)(F)[C@H]2F. The fourth-order valence-electron chi connectivity index (χ4n) is 3.10. The molecule has 0 unspecified atom stereocenters. The van der Waals surface area contributed by atoms with Crippen molar-refractivity contribution in [1.29, 1.82) is 0 Å². The Kier molecular flexibility index (Phi) is 3.11. The minimum Gasteiger partial charge on any atom is -0.287 e. The Bertz CT molecular complexity index is 600. The van der Waals surface area contributed by atoms with Gasteiger partial charge in [-0.25, -0.2) is 13.2 Å². The monoisotopic (exact) mass is 308 g/mol. The minimum atomic E-state index is -4.12. The van der Waals surface area contributed by atoms with Gasteiger partial charge in [-0.15, -0.1) is 0 Å². The van der Waals surface area contributed by atoms with Crippen molar-refractivity contribution in [2.24, 2.45) is 0 Å². The average molecular weight is 308 g/mol. The average Bonchev–Trinajstić information content (AvgIpc) is 2.84. The van der Waals surface area contributed by atoms with Crippen molar-refractivity contribution in [1.82, 2.24) is 9.78 Å². The standard InChI is InChI=1S/C13H13F5N2O/c1-5-9-10(11(16)13(17,18)12(9)21)20(19-5)6-2-3-7(14)8(15)4-6/h6-8,11H,2-4H2,1H3/t6-,7-,8+,11+/m1/s1. The second kappa shape index (κ2) is 4.51. The maximum Gasteiger partial charge on any atom is 0.346 e. The van der Waals surface area contributed by atoms with Crippen LogP contribution in [0.4, 0.5) is 22.0 Å². The summed E-state index contributed by atoms with van der Waals surface area (Å²) in [5.74, 6) is -5.71. The van der Waals surface area contributed by atoms with Crippen LogP contribution in [0.15, 0.2) is 0 Å². The third-order valence-corrected chi connectivity index (χ3v) is 4.22. The Hall–Kier alpha value is -1.47. The minimum absolute atomic E-state index is 0.00685. The number of ketones is 1. The maximum absolute atomic E-state index is 13.9. The van der Waals surface area contributed by atoms with E-state index in [0.717, 1.165) is 4.68 Å². The van der Waals surface area contributed by atoms with E-state index in [1.54, 1.807) is 0 Å². The second-order valence-electron chi connectivity index (χ2n) is 5.60. The predicted octanol–water partition coefficient (Wildman–Crippen LogP) is 3.43. The van der Waals surface area contributed by atoms with Crippen molar-refractivity contribution in [3.63, 3.8) is 0 Å². The number of carbonyl (C=O) groups excluding carboxylic acids is 1. The molecule has 0 amide bonds. The molecule has 3 rings (SSSR count). The van der Waals surface area contributed by atoms with Crippen molar-refractivity contribution in [2.75, 3.05) is 0 Å². The zero-order valence-electron chi connectivity index (χ0n) is 11.1. The molecular formula is C13H13F5N2O. The van der Waals surface area contributed by atoms with Gasteiger partial charge < -0.3 is 0 Å². The predicted molar refractivity (Wildman–Crippen MR) is 62.8 cm³/mol. The molecule has 0 saturated heterocycles. The lowest BCUT2D eigenvalue weighted by atomic mass is 9.92. The lowest BCUT2D eigenvalue weighted by Crippen LogP contribution is -2.32. The highest BCUT2D eigenvalue weighted by Gasteiger charge is 2.59. The van der Waals surface area contributed by atoms with Crippen LogP contribution in [0.1, 0.15) is 53.2 Å². The summed E-state index contributed by atoms with van der Waals surface area (Å²) in [6.45, 7) is 1.33. The van der Waals surface area contributed by atoms with Crippen molar-refractivity contribution >= 4 is 5.78 Å². The molecule has 1 aromatic heterocycles. The third-order valence-electron chi connectivity index (χ3n) is 4.22. The molecule has 116 valence electrons. The lowest BCUT2D eigenvalue weighted by Gasteiger charge is -2.29. The summed E-state index contributed by atoms with van der Waals surface area (Å²) in [6, 6.07) is -0.714. The van der Waals surface area contributed by atoms with Gasteiger partial charge in [0.15, 0.2) is 0 Å². The fraction of sp³-hybridized carbons (Fsp3) is 0.692. The molecule has 0 bridgehead atoms. The van der Waals surface area contributed by atoms with Gasteiger partial charge in [0.1, 0.15) is 12.3 Å².